The number of thioether (sulfide) groups is 1. The van der Waals surface area contributed by atoms with E-state index in [1.54, 1.807) is 21.9 Å². The van der Waals surface area contributed by atoms with E-state index >= 15 is 0 Å². The number of nitrogens with zero attached hydrogens (tertiary/aromatic N) is 4. The normalized spacial score (nSPS) is 16.8. The highest BCUT2D eigenvalue weighted by atomic mass is 32.2. The third kappa shape index (κ3) is 5.94. The van der Waals surface area contributed by atoms with Crippen molar-refractivity contribution < 1.29 is 18.0 Å². The number of aromatic nitrogens is 2. The zero-order valence-corrected chi connectivity index (χ0v) is 21.1. The quantitative estimate of drug-likeness (QED) is 0.183. The van der Waals surface area contributed by atoms with Crippen LogP contribution in [0.1, 0.15) is 35.9 Å². The predicted molar refractivity (Wildman–Crippen MR) is 143 cm³/mol. The first-order valence-electron chi connectivity index (χ1n) is 11.6. The Hall–Kier alpha value is -3.85. The maximum atomic E-state index is 13.7. The molecule has 0 spiro atoms. The Morgan fingerprint density at radius 2 is 1.86 bits per heavy atom. The number of rotatable bonds is 7. The smallest absolute Gasteiger partial charge is 0.305 e. The van der Waals surface area contributed by atoms with Gasteiger partial charge in [-0.2, -0.15) is 18.3 Å². The fourth-order valence-corrected chi connectivity index (χ4v) is 4.65. The highest BCUT2D eigenvalue weighted by Gasteiger charge is 2.34. The standard InChI is InChI=1S/C28H25F3N4OS/c1-4-9-20(10-5-2)25(21-11-7-6-8-12-21)33-24-17-32-35-19(3)18-34(27(36)26(24)35)22-13-15-23(16-14-22)37-28(29,30)31/h4-17,19H,1,18H2,2-3H3/b10-5-,20-9+,33-25?. The lowest BCUT2D eigenvalue weighted by molar-refractivity contribution is -0.0328. The number of amides is 1. The molecule has 1 amide bonds. The number of fused-ring (bicyclic) bond motifs is 1. The van der Waals surface area contributed by atoms with Gasteiger partial charge < -0.3 is 4.90 Å². The number of aliphatic imine (C=N–C) groups is 1. The van der Waals surface area contributed by atoms with Crippen molar-refractivity contribution in [2.24, 2.45) is 4.99 Å². The number of carbonyl (C=O) groups excluding carboxylic acids is 1. The molecular formula is C28H25F3N4OS. The van der Waals surface area contributed by atoms with Crippen LogP contribution in [0.3, 0.4) is 0 Å². The summed E-state index contributed by atoms with van der Waals surface area (Å²) in [7, 11) is 0. The van der Waals surface area contributed by atoms with Crippen molar-refractivity contribution in [1.29, 1.82) is 0 Å². The van der Waals surface area contributed by atoms with E-state index in [1.807, 2.05) is 62.4 Å². The van der Waals surface area contributed by atoms with Gasteiger partial charge in [0.15, 0.2) is 5.69 Å². The lowest BCUT2D eigenvalue weighted by atomic mass is 10.0. The molecule has 9 heteroatoms. The molecule has 37 heavy (non-hydrogen) atoms. The van der Waals surface area contributed by atoms with Gasteiger partial charge in [-0.25, -0.2) is 4.99 Å². The molecule has 0 N–H and O–H groups in total. The summed E-state index contributed by atoms with van der Waals surface area (Å²) in [4.78, 5) is 20.2. The van der Waals surface area contributed by atoms with Crippen LogP contribution in [0.2, 0.25) is 0 Å². The Balaban J connectivity index is 1.76. The average molecular weight is 523 g/mol. The van der Waals surface area contributed by atoms with E-state index in [2.05, 4.69) is 11.7 Å². The second-order valence-corrected chi connectivity index (χ2v) is 9.45. The van der Waals surface area contributed by atoms with Crippen molar-refractivity contribution in [1.82, 2.24) is 9.78 Å². The summed E-state index contributed by atoms with van der Waals surface area (Å²) in [5, 5.41) is 4.44. The molecule has 0 saturated carbocycles. The summed E-state index contributed by atoms with van der Waals surface area (Å²) in [6.07, 6.45) is 8.91. The molecule has 1 aromatic heterocycles. The van der Waals surface area contributed by atoms with Gasteiger partial charge in [0, 0.05) is 28.3 Å². The predicted octanol–water partition coefficient (Wildman–Crippen LogP) is 7.53. The number of alkyl halides is 3. The molecule has 0 radical (unpaired) electrons. The third-order valence-electron chi connectivity index (χ3n) is 5.67. The van der Waals surface area contributed by atoms with Crippen LogP contribution >= 0.6 is 11.8 Å². The third-order valence-corrected chi connectivity index (χ3v) is 6.41. The van der Waals surface area contributed by atoms with Crippen LogP contribution in [0.5, 0.6) is 0 Å². The number of allylic oxidation sites excluding steroid dienone is 5. The van der Waals surface area contributed by atoms with Crippen molar-refractivity contribution in [3.8, 4) is 0 Å². The molecule has 190 valence electrons. The van der Waals surface area contributed by atoms with Crippen LogP contribution in [-0.4, -0.2) is 33.5 Å². The number of halogens is 3. The minimum absolute atomic E-state index is 0.0575. The molecule has 2 heterocycles. The van der Waals surface area contributed by atoms with Gasteiger partial charge in [0.05, 0.1) is 18.0 Å². The zero-order chi connectivity index (χ0) is 26.6. The second-order valence-electron chi connectivity index (χ2n) is 8.31. The highest BCUT2D eigenvalue weighted by molar-refractivity contribution is 8.00. The molecule has 1 aliphatic rings. The van der Waals surface area contributed by atoms with E-state index in [4.69, 9.17) is 4.99 Å². The van der Waals surface area contributed by atoms with Crippen molar-refractivity contribution >= 4 is 34.8 Å². The molecule has 3 aromatic rings. The molecular weight excluding hydrogens is 497 g/mol. The van der Waals surface area contributed by atoms with Crippen LogP contribution < -0.4 is 4.90 Å². The molecule has 5 nitrogen and oxygen atoms in total. The Morgan fingerprint density at radius 3 is 2.49 bits per heavy atom. The summed E-state index contributed by atoms with van der Waals surface area (Å²) in [6, 6.07) is 15.2. The van der Waals surface area contributed by atoms with Gasteiger partial charge >= 0.3 is 5.51 Å². The van der Waals surface area contributed by atoms with Crippen LogP contribution in [0, 0.1) is 0 Å². The number of carbonyl (C=O) groups is 1. The van der Waals surface area contributed by atoms with E-state index in [0.29, 0.717) is 29.3 Å². The Labute approximate surface area is 217 Å². The van der Waals surface area contributed by atoms with Gasteiger partial charge in [-0.05, 0) is 49.9 Å². The van der Waals surface area contributed by atoms with Crippen LogP contribution in [0.25, 0.3) is 0 Å². The second kappa shape index (κ2) is 11.0. The van der Waals surface area contributed by atoms with Crippen LogP contribution in [-0.2, 0) is 0 Å². The van der Waals surface area contributed by atoms with Crippen molar-refractivity contribution in [3.05, 3.63) is 109 Å². The van der Waals surface area contributed by atoms with Crippen molar-refractivity contribution in [3.63, 3.8) is 0 Å². The van der Waals surface area contributed by atoms with E-state index in [0.717, 1.165) is 11.1 Å². The number of hydrogen-bond acceptors (Lipinski definition) is 4. The lowest BCUT2D eigenvalue weighted by Gasteiger charge is -2.32. The summed E-state index contributed by atoms with van der Waals surface area (Å²) in [5.74, 6) is -0.321. The topological polar surface area (TPSA) is 50.5 Å². The molecule has 1 aliphatic heterocycles. The van der Waals surface area contributed by atoms with E-state index in [9.17, 15) is 18.0 Å². The highest BCUT2D eigenvalue weighted by Crippen LogP contribution is 2.38. The monoisotopic (exact) mass is 522 g/mol. The van der Waals surface area contributed by atoms with Gasteiger partial charge in [0.2, 0.25) is 0 Å². The van der Waals surface area contributed by atoms with Crippen molar-refractivity contribution in [2.75, 3.05) is 11.4 Å². The maximum Gasteiger partial charge on any atom is 0.446 e. The first kappa shape index (κ1) is 26.2. The largest absolute Gasteiger partial charge is 0.446 e. The van der Waals surface area contributed by atoms with Gasteiger partial charge in [0.1, 0.15) is 5.69 Å². The number of hydrogen-bond donors (Lipinski definition) is 0. The summed E-state index contributed by atoms with van der Waals surface area (Å²) < 4.78 is 39.8. The fraction of sp³-hybridized carbons (Fsp3) is 0.179. The van der Waals surface area contributed by atoms with Gasteiger partial charge in [-0.1, -0.05) is 61.2 Å². The number of benzene rings is 2. The van der Waals surface area contributed by atoms with Crippen molar-refractivity contribution in [2.45, 2.75) is 30.3 Å². The maximum absolute atomic E-state index is 13.7. The van der Waals surface area contributed by atoms with Gasteiger partial charge in [-0.15, -0.1) is 0 Å². The first-order valence-corrected chi connectivity index (χ1v) is 12.4. The molecule has 1 atom stereocenters. The molecule has 4 rings (SSSR count). The minimum Gasteiger partial charge on any atom is -0.305 e. The van der Waals surface area contributed by atoms with E-state index < -0.39 is 5.51 Å². The lowest BCUT2D eigenvalue weighted by Crippen LogP contribution is -2.42. The SMILES string of the molecule is C=C/C=C(\C=C/C)C(=Nc1cnn2c1C(=O)N(c1ccc(SC(F)(F)F)cc1)CC2C)c1ccccc1. The molecule has 1 unspecified atom stereocenters. The molecule has 2 aromatic carbocycles. The Bertz CT molecular complexity index is 1370. The average Bonchev–Trinajstić information content (AvgIpc) is 3.29. The van der Waals surface area contributed by atoms with E-state index in [1.165, 1.54) is 24.3 Å². The zero-order valence-electron chi connectivity index (χ0n) is 20.3. The van der Waals surface area contributed by atoms with E-state index in [-0.39, 0.29) is 28.6 Å². The minimum atomic E-state index is -4.38. The van der Waals surface area contributed by atoms with Gasteiger partial charge in [0.25, 0.3) is 5.91 Å². The number of anilines is 1. The first-order chi connectivity index (χ1) is 17.7. The van der Waals surface area contributed by atoms with Gasteiger partial charge in [-0.3, -0.25) is 9.48 Å². The summed E-state index contributed by atoms with van der Waals surface area (Å²) in [5.41, 5.74) is -0.813. The van der Waals surface area contributed by atoms with Crippen LogP contribution in [0.4, 0.5) is 24.5 Å². The Morgan fingerprint density at radius 1 is 1.16 bits per heavy atom. The molecule has 0 aliphatic carbocycles. The molecule has 0 fully saturated rings. The molecule has 0 bridgehead atoms. The summed E-state index contributed by atoms with van der Waals surface area (Å²) in [6.45, 7) is 7.97. The van der Waals surface area contributed by atoms with Crippen LogP contribution in [0.15, 0.2) is 107 Å². The molecule has 0 saturated heterocycles. The summed E-state index contributed by atoms with van der Waals surface area (Å²) >= 11 is -0.188. The fourth-order valence-electron chi connectivity index (χ4n) is 4.11. The Kier molecular flexibility index (Phi) is 7.83.